The van der Waals surface area contributed by atoms with Crippen LogP contribution >= 0.6 is 0 Å². The smallest absolute Gasteiger partial charge is 0.119 e. The van der Waals surface area contributed by atoms with Crippen LogP contribution in [0.3, 0.4) is 0 Å². The summed E-state index contributed by atoms with van der Waals surface area (Å²) in [6, 6.07) is 30.3. The fraction of sp³-hybridized carbons (Fsp3) is 0.308. The fourth-order valence-electron chi connectivity index (χ4n) is 3.57. The summed E-state index contributed by atoms with van der Waals surface area (Å²) in [5.74, 6) is 1.30. The Bertz CT molecular complexity index is 812. The number of nitrogens with one attached hydrogen (secondary N) is 1. The maximum atomic E-state index is 5.80. The highest BCUT2D eigenvalue weighted by Crippen LogP contribution is 2.29. The van der Waals surface area contributed by atoms with E-state index in [-0.39, 0.29) is 6.10 Å². The number of hydrogen-bond donors (Lipinski definition) is 1. The Morgan fingerprint density at radius 1 is 0.679 bits per heavy atom. The molecule has 0 amide bonds. The van der Waals surface area contributed by atoms with Crippen LogP contribution < -0.4 is 10.1 Å². The van der Waals surface area contributed by atoms with Crippen LogP contribution in [0.5, 0.6) is 5.75 Å². The average Bonchev–Trinajstić information content (AvgIpc) is 2.73. The first-order chi connectivity index (χ1) is 13.6. The van der Waals surface area contributed by atoms with Gasteiger partial charge in [-0.05, 0) is 62.6 Å². The average molecular weight is 374 g/mol. The van der Waals surface area contributed by atoms with Gasteiger partial charge in [0, 0.05) is 12.0 Å². The zero-order valence-corrected chi connectivity index (χ0v) is 17.1. The van der Waals surface area contributed by atoms with E-state index in [4.69, 9.17) is 4.74 Å². The quantitative estimate of drug-likeness (QED) is 0.472. The van der Waals surface area contributed by atoms with Gasteiger partial charge in [-0.2, -0.15) is 0 Å². The Morgan fingerprint density at radius 2 is 1.21 bits per heavy atom. The van der Waals surface area contributed by atoms with Crippen molar-refractivity contribution < 1.29 is 4.74 Å². The first-order valence-corrected chi connectivity index (χ1v) is 10.2. The van der Waals surface area contributed by atoms with Crippen molar-refractivity contribution >= 4 is 0 Å². The van der Waals surface area contributed by atoms with Gasteiger partial charge < -0.3 is 10.1 Å². The second-order valence-electron chi connectivity index (χ2n) is 7.57. The van der Waals surface area contributed by atoms with Crippen molar-refractivity contribution in [2.24, 2.45) is 0 Å². The van der Waals surface area contributed by atoms with Crippen molar-refractivity contribution in [2.75, 3.05) is 6.54 Å². The van der Waals surface area contributed by atoms with Crippen molar-refractivity contribution in [1.82, 2.24) is 5.32 Å². The molecule has 3 aromatic carbocycles. The molecule has 3 aromatic rings. The van der Waals surface area contributed by atoms with Crippen LogP contribution in [0.4, 0.5) is 0 Å². The Morgan fingerprint density at radius 3 is 1.79 bits per heavy atom. The minimum atomic E-state index is 0.194. The van der Waals surface area contributed by atoms with Crippen LogP contribution in [0.2, 0.25) is 0 Å². The zero-order chi connectivity index (χ0) is 19.8. The van der Waals surface area contributed by atoms with Gasteiger partial charge in [0.05, 0.1) is 6.10 Å². The van der Waals surface area contributed by atoms with Gasteiger partial charge in [0.2, 0.25) is 0 Å². The topological polar surface area (TPSA) is 21.3 Å². The molecule has 0 saturated heterocycles. The number of ether oxygens (including phenoxy) is 1. The third-order valence-electron chi connectivity index (χ3n) is 5.04. The van der Waals surface area contributed by atoms with Gasteiger partial charge in [-0.25, -0.2) is 0 Å². The molecule has 0 aliphatic carbocycles. The third kappa shape index (κ3) is 5.71. The molecule has 2 heteroatoms. The third-order valence-corrected chi connectivity index (χ3v) is 5.04. The first kappa shape index (κ1) is 20.2. The van der Waals surface area contributed by atoms with E-state index < -0.39 is 0 Å². The van der Waals surface area contributed by atoms with E-state index in [1.165, 1.54) is 16.7 Å². The van der Waals surface area contributed by atoms with Gasteiger partial charge >= 0.3 is 0 Å². The molecule has 2 atom stereocenters. The standard InChI is InChI=1S/C26H31NO/c1-20(2)28-25-16-14-24(15-17-25)26(23-12-8-5-9-13-23)18-19-27-21(3)22-10-6-4-7-11-22/h4-17,20-21,26-27H,18-19H2,1-3H3. The Kier molecular flexibility index (Phi) is 7.27. The molecule has 28 heavy (non-hydrogen) atoms. The van der Waals surface area contributed by atoms with E-state index in [1.54, 1.807) is 0 Å². The van der Waals surface area contributed by atoms with Gasteiger partial charge in [0.15, 0.2) is 0 Å². The molecular formula is C26H31NO. The van der Waals surface area contributed by atoms with E-state index in [0.29, 0.717) is 12.0 Å². The maximum absolute atomic E-state index is 5.80. The Labute approximate surface area is 169 Å². The summed E-state index contributed by atoms with van der Waals surface area (Å²) in [6.07, 6.45) is 1.24. The molecule has 0 saturated carbocycles. The van der Waals surface area contributed by atoms with E-state index >= 15 is 0 Å². The van der Waals surface area contributed by atoms with Crippen molar-refractivity contribution in [3.8, 4) is 5.75 Å². The number of benzene rings is 3. The van der Waals surface area contributed by atoms with Gasteiger partial charge in [0.1, 0.15) is 5.75 Å². The summed E-state index contributed by atoms with van der Waals surface area (Å²) in [4.78, 5) is 0. The van der Waals surface area contributed by atoms with E-state index in [0.717, 1.165) is 18.7 Å². The molecule has 0 fully saturated rings. The second kappa shape index (κ2) is 10.1. The highest BCUT2D eigenvalue weighted by Gasteiger charge is 2.15. The van der Waals surface area contributed by atoms with Crippen LogP contribution in [0, 0.1) is 0 Å². The fourth-order valence-corrected chi connectivity index (χ4v) is 3.57. The monoisotopic (exact) mass is 373 g/mol. The van der Waals surface area contributed by atoms with Crippen LogP contribution in [-0.4, -0.2) is 12.6 Å². The molecule has 2 nitrogen and oxygen atoms in total. The van der Waals surface area contributed by atoms with E-state index in [9.17, 15) is 0 Å². The molecule has 3 rings (SSSR count). The van der Waals surface area contributed by atoms with Crippen LogP contribution in [0.25, 0.3) is 0 Å². The van der Waals surface area contributed by atoms with Crippen LogP contribution in [-0.2, 0) is 0 Å². The molecule has 0 aromatic heterocycles. The van der Waals surface area contributed by atoms with Crippen LogP contribution in [0.15, 0.2) is 84.9 Å². The van der Waals surface area contributed by atoms with Crippen molar-refractivity contribution in [3.63, 3.8) is 0 Å². The molecule has 0 heterocycles. The molecule has 0 aliphatic heterocycles. The number of hydrogen-bond acceptors (Lipinski definition) is 2. The van der Waals surface area contributed by atoms with E-state index in [2.05, 4.69) is 111 Å². The molecule has 2 unspecified atom stereocenters. The number of rotatable bonds is 9. The molecule has 146 valence electrons. The minimum absolute atomic E-state index is 0.194. The minimum Gasteiger partial charge on any atom is -0.491 e. The summed E-state index contributed by atoms with van der Waals surface area (Å²) < 4.78 is 5.80. The van der Waals surface area contributed by atoms with E-state index in [1.807, 2.05) is 0 Å². The maximum Gasteiger partial charge on any atom is 0.119 e. The molecule has 0 spiro atoms. The lowest BCUT2D eigenvalue weighted by molar-refractivity contribution is 0.242. The van der Waals surface area contributed by atoms with Gasteiger partial charge in [-0.15, -0.1) is 0 Å². The lowest BCUT2D eigenvalue weighted by Gasteiger charge is -2.21. The molecular weight excluding hydrogens is 342 g/mol. The summed E-state index contributed by atoms with van der Waals surface area (Å²) in [7, 11) is 0. The highest BCUT2D eigenvalue weighted by molar-refractivity contribution is 5.36. The second-order valence-corrected chi connectivity index (χ2v) is 7.57. The summed E-state index contributed by atoms with van der Waals surface area (Å²) in [5, 5.41) is 3.68. The molecule has 1 N–H and O–H groups in total. The van der Waals surface area contributed by atoms with Crippen molar-refractivity contribution in [2.45, 2.75) is 45.3 Å². The zero-order valence-electron chi connectivity index (χ0n) is 17.1. The largest absolute Gasteiger partial charge is 0.491 e. The predicted octanol–water partition coefficient (Wildman–Crippen LogP) is 6.35. The van der Waals surface area contributed by atoms with Crippen molar-refractivity contribution in [1.29, 1.82) is 0 Å². The van der Waals surface area contributed by atoms with Crippen LogP contribution in [0.1, 0.15) is 55.8 Å². The predicted molar refractivity (Wildman–Crippen MR) is 118 cm³/mol. The lowest BCUT2D eigenvalue weighted by atomic mass is 9.88. The SMILES string of the molecule is CC(C)Oc1ccc(C(CCNC(C)c2ccccc2)c2ccccc2)cc1. The van der Waals surface area contributed by atoms with Gasteiger partial charge in [-0.3, -0.25) is 0 Å². The summed E-state index contributed by atoms with van der Waals surface area (Å²) in [6.45, 7) is 7.30. The summed E-state index contributed by atoms with van der Waals surface area (Å²) >= 11 is 0. The normalized spacial score (nSPS) is 13.3. The first-order valence-electron chi connectivity index (χ1n) is 10.2. The van der Waals surface area contributed by atoms with Crippen molar-refractivity contribution in [3.05, 3.63) is 102 Å². The Balaban J connectivity index is 1.69. The van der Waals surface area contributed by atoms with Gasteiger partial charge in [0.25, 0.3) is 0 Å². The van der Waals surface area contributed by atoms with Gasteiger partial charge in [-0.1, -0.05) is 72.8 Å². The molecule has 0 bridgehead atoms. The lowest BCUT2D eigenvalue weighted by Crippen LogP contribution is -2.21. The summed E-state index contributed by atoms with van der Waals surface area (Å²) in [5.41, 5.74) is 4.01. The Hall–Kier alpha value is -2.58. The molecule has 0 aliphatic rings. The molecule has 0 radical (unpaired) electrons. The highest BCUT2D eigenvalue weighted by atomic mass is 16.5.